The summed E-state index contributed by atoms with van der Waals surface area (Å²) in [5.74, 6) is 2.29. The predicted molar refractivity (Wildman–Crippen MR) is 96.6 cm³/mol. The third-order valence-electron chi connectivity index (χ3n) is 8.48. The van der Waals surface area contributed by atoms with Gasteiger partial charge in [-0.15, -0.1) is 0 Å². The molecule has 0 aliphatic heterocycles. The van der Waals surface area contributed by atoms with Crippen molar-refractivity contribution >= 4 is 5.97 Å². The minimum atomic E-state index is -0.627. The van der Waals surface area contributed by atoms with Gasteiger partial charge in [0.1, 0.15) is 0 Å². The molecule has 2 fully saturated rings. The highest BCUT2D eigenvalue weighted by Gasteiger charge is 2.57. The fourth-order valence-electron chi connectivity index (χ4n) is 7.06. The lowest BCUT2D eigenvalue weighted by atomic mass is 9.48. The lowest BCUT2D eigenvalue weighted by Crippen LogP contribution is -2.48. The van der Waals surface area contributed by atoms with E-state index in [1.54, 1.807) is 5.57 Å². The van der Waals surface area contributed by atoms with Crippen molar-refractivity contribution in [2.75, 3.05) is 0 Å². The summed E-state index contributed by atoms with van der Waals surface area (Å²) >= 11 is 0. The summed E-state index contributed by atoms with van der Waals surface area (Å²) in [5.41, 5.74) is 2.38. The highest BCUT2D eigenvalue weighted by molar-refractivity contribution is 5.66. The standard InChI is InChI=1S/C22H32O2/c1-21-13-4-3-5-15(21)6-9-17-18-10-7-16(8-11-20(23)24)22(18,2)14-12-19(17)21/h5-6,9,16-19H,3-4,7-8,10-14H2,1-2H3,(H,23,24)/t16-,17-,18-,19-,21-,22+/m0/s1. The first-order valence-electron chi connectivity index (χ1n) is 10.1. The Labute approximate surface area is 146 Å². The lowest BCUT2D eigenvalue weighted by Gasteiger charge is -2.56. The third kappa shape index (κ3) is 2.32. The number of allylic oxidation sites excluding steroid dienone is 4. The summed E-state index contributed by atoms with van der Waals surface area (Å²) in [5, 5.41) is 9.09. The van der Waals surface area contributed by atoms with Crippen LogP contribution < -0.4 is 0 Å². The predicted octanol–water partition coefficient (Wildman–Crippen LogP) is 5.60. The van der Waals surface area contributed by atoms with E-state index in [1.807, 2.05) is 0 Å². The average molecular weight is 328 g/mol. The molecule has 2 nitrogen and oxygen atoms in total. The Balaban J connectivity index is 1.60. The molecule has 2 heteroatoms. The van der Waals surface area contributed by atoms with E-state index in [9.17, 15) is 4.79 Å². The van der Waals surface area contributed by atoms with Gasteiger partial charge in [0.25, 0.3) is 0 Å². The molecule has 0 unspecified atom stereocenters. The minimum Gasteiger partial charge on any atom is -0.481 e. The second-order valence-electron chi connectivity index (χ2n) is 9.37. The first kappa shape index (κ1) is 16.4. The van der Waals surface area contributed by atoms with E-state index in [0.717, 1.165) is 24.2 Å². The first-order valence-corrected chi connectivity index (χ1v) is 10.1. The molecule has 0 saturated heterocycles. The Morgan fingerprint density at radius 3 is 2.83 bits per heavy atom. The van der Waals surface area contributed by atoms with Gasteiger partial charge in [-0.05, 0) is 91.4 Å². The molecule has 0 heterocycles. The Morgan fingerprint density at radius 1 is 1.21 bits per heavy atom. The largest absolute Gasteiger partial charge is 0.481 e. The van der Waals surface area contributed by atoms with Crippen LogP contribution in [0, 0.1) is 34.5 Å². The zero-order chi connectivity index (χ0) is 16.9. The van der Waals surface area contributed by atoms with Crippen LogP contribution in [0.1, 0.15) is 71.6 Å². The molecule has 4 rings (SSSR count). The Morgan fingerprint density at radius 2 is 2.04 bits per heavy atom. The molecule has 4 aliphatic rings. The number of fused-ring (bicyclic) bond motifs is 5. The van der Waals surface area contributed by atoms with Crippen molar-refractivity contribution in [3.63, 3.8) is 0 Å². The fraction of sp³-hybridized carbons (Fsp3) is 0.773. The van der Waals surface area contributed by atoms with Crippen molar-refractivity contribution < 1.29 is 9.90 Å². The molecule has 0 aromatic carbocycles. The van der Waals surface area contributed by atoms with Gasteiger partial charge in [-0.25, -0.2) is 0 Å². The summed E-state index contributed by atoms with van der Waals surface area (Å²) in [6.07, 6.45) is 17.9. The molecular formula is C22H32O2. The second kappa shape index (κ2) is 5.75. The van der Waals surface area contributed by atoms with Crippen molar-refractivity contribution in [3.05, 3.63) is 23.8 Å². The maximum Gasteiger partial charge on any atom is 0.303 e. The molecule has 0 amide bonds. The topological polar surface area (TPSA) is 37.3 Å². The van der Waals surface area contributed by atoms with Gasteiger partial charge in [0.05, 0.1) is 0 Å². The van der Waals surface area contributed by atoms with Crippen LogP contribution in [0.3, 0.4) is 0 Å². The monoisotopic (exact) mass is 328 g/mol. The molecule has 0 spiro atoms. The van der Waals surface area contributed by atoms with Crippen molar-refractivity contribution in [3.8, 4) is 0 Å². The molecule has 1 N–H and O–H groups in total. The van der Waals surface area contributed by atoms with Gasteiger partial charge in [0, 0.05) is 6.42 Å². The number of carboxylic acid groups (broad SMARTS) is 1. The number of hydrogen-bond acceptors (Lipinski definition) is 1. The first-order chi connectivity index (χ1) is 11.4. The summed E-state index contributed by atoms with van der Waals surface area (Å²) in [6, 6.07) is 0. The van der Waals surface area contributed by atoms with Crippen LogP contribution in [0.2, 0.25) is 0 Å². The smallest absolute Gasteiger partial charge is 0.303 e. The van der Waals surface area contributed by atoms with E-state index in [4.69, 9.17) is 5.11 Å². The molecule has 0 aromatic rings. The van der Waals surface area contributed by atoms with Gasteiger partial charge in [-0.3, -0.25) is 4.79 Å². The Hall–Kier alpha value is -1.05. The highest BCUT2D eigenvalue weighted by atomic mass is 16.4. The van der Waals surface area contributed by atoms with E-state index in [1.165, 1.54) is 44.9 Å². The minimum absolute atomic E-state index is 0.349. The number of aliphatic carboxylic acids is 1. The van der Waals surface area contributed by atoms with Crippen LogP contribution in [0.25, 0.3) is 0 Å². The summed E-state index contributed by atoms with van der Waals surface area (Å²) in [4.78, 5) is 11.0. The van der Waals surface area contributed by atoms with E-state index in [2.05, 4.69) is 32.1 Å². The van der Waals surface area contributed by atoms with Crippen molar-refractivity contribution in [1.29, 1.82) is 0 Å². The van der Waals surface area contributed by atoms with E-state index in [-0.39, 0.29) is 0 Å². The highest BCUT2D eigenvalue weighted by Crippen LogP contribution is 2.65. The maximum atomic E-state index is 11.0. The van der Waals surface area contributed by atoms with Crippen LogP contribution in [0.5, 0.6) is 0 Å². The molecular weight excluding hydrogens is 296 g/mol. The average Bonchev–Trinajstić information content (AvgIpc) is 2.89. The van der Waals surface area contributed by atoms with Crippen molar-refractivity contribution in [2.45, 2.75) is 71.6 Å². The summed E-state index contributed by atoms with van der Waals surface area (Å²) in [7, 11) is 0. The molecule has 0 aromatic heterocycles. The molecule has 2 saturated carbocycles. The molecule has 132 valence electrons. The summed E-state index contributed by atoms with van der Waals surface area (Å²) in [6.45, 7) is 5.01. The molecule has 24 heavy (non-hydrogen) atoms. The van der Waals surface area contributed by atoms with Gasteiger partial charge < -0.3 is 5.11 Å². The Bertz CT molecular complexity index is 589. The maximum absolute atomic E-state index is 11.0. The number of carbonyl (C=O) groups is 1. The van der Waals surface area contributed by atoms with Crippen LogP contribution in [-0.2, 0) is 4.79 Å². The van der Waals surface area contributed by atoms with E-state index in [0.29, 0.717) is 23.2 Å². The van der Waals surface area contributed by atoms with Gasteiger partial charge in [0.2, 0.25) is 0 Å². The van der Waals surface area contributed by atoms with Crippen molar-refractivity contribution in [2.24, 2.45) is 34.5 Å². The molecule has 0 radical (unpaired) electrons. The number of rotatable bonds is 3. The van der Waals surface area contributed by atoms with Gasteiger partial charge in [-0.1, -0.05) is 32.1 Å². The quantitative estimate of drug-likeness (QED) is 0.732. The number of hydrogen-bond donors (Lipinski definition) is 1. The van der Waals surface area contributed by atoms with Crippen LogP contribution in [0.4, 0.5) is 0 Å². The molecule has 6 atom stereocenters. The number of carboxylic acids is 1. The van der Waals surface area contributed by atoms with Gasteiger partial charge in [0.15, 0.2) is 0 Å². The van der Waals surface area contributed by atoms with Gasteiger partial charge >= 0.3 is 5.97 Å². The van der Waals surface area contributed by atoms with Crippen LogP contribution in [-0.4, -0.2) is 11.1 Å². The lowest BCUT2D eigenvalue weighted by molar-refractivity contribution is -0.137. The Kier molecular flexibility index (Phi) is 3.93. The third-order valence-corrected chi connectivity index (χ3v) is 8.48. The zero-order valence-corrected chi connectivity index (χ0v) is 15.3. The normalized spacial score (nSPS) is 46.7. The van der Waals surface area contributed by atoms with E-state index >= 15 is 0 Å². The molecule has 0 bridgehead atoms. The SMILES string of the molecule is C[C@]12CC[C@H]3[C@@H](C=CC4=CCCC[C@@]43C)[C@@H]1CC[C@H]2CCC(=O)O. The fourth-order valence-corrected chi connectivity index (χ4v) is 7.06. The van der Waals surface area contributed by atoms with Gasteiger partial charge in [-0.2, -0.15) is 0 Å². The zero-order valence-electron chi connectivity index (χ0n) is 15.3. The van der Waals surface area contributed by atoms with E-state index < -0.39 is 5.97 Å². The van der Waals surface area contributed by atoms with Crippen molar-refractivity contribution in [1.82, 2.24) is 0 Å². The second-order valence-corrected chi connectivity index (χ2v) is 9.37. The van der Waals surface area contributed by atoms with Crippen LogP contribution >= 0.6 is 0 Å². The summed E-state index contributed by atoms with van der Waals surface area (Å²) < 4.78 is 0. The molecule has 4 aliphatic carbocycles. The van der Waals surface area contributed by atoms with Crippen LogP contribution in [0.15, 0.2) is 23.8 Å².